The Morgan fingerprint density at radius 1 is 0.789 bits per heavy atom. The highest BCUT2D eigenvalue weighted by atomic mass is 17.1. The van der Waals surface area contributed by atoms with Crippen LogP contribution in [0.3, 0.4) is 0 Å². The number of ether oxygens (including phenoxy) is 2. The molecule has 0 heterocycles. The highest BCUT2D eigenvalue weighted by Crippen LogP contribution is 2.06. The zero-order valence-electron chi connectivity index (χ0n) is 11.2. The highest BCUT2D eigenvalue weighted by molar-refractivity contribution is 4.47. The molecule has 0 fully saturated rings. The van der Waals surface area contributed by atoms with Gasteiger partial charge in [0.05, 0.1) is 46.2 Å². The Kier molecular flexibility index (Phi) is 12.5. The van der Waals surface area contributed by atoms with E-state index in [0.717, 1.165) is 0 Å². The van der Waals surface area contributed by atoms with E-state index >= 15 is 0 Å². The number of nitrogens with zero attached hydrogens (tertiary/aromatic N) is 1. The minimum Gasteiger partial charge on any atom is -0.633 e. The van der Waals surface area contributed by atoms with Crippen molar-refractivity contribution < 1.29 is 34.5 Å². The Morgan fingerprint density at radius 3 is 1.95 bits per heavy atom. The molecule has 0 bridgehead atoms. The van der Waals surface area contributed by atoms with Crippen LogP contribution in [0.2, 0.25) is 0 Å². The quantitative estimate of drug-likeness (QED) is 0.165. The monoisotopic (exact) mass is 283 g/mol. The Balaban J connectivity index is 3.88. The molecule has 1 unspecified atom stereocenters. The fourth-order valence-electron chi connectivity index (χ4n) is 1.56. The van der Waals surface area contributed by atoms with E-state index in [1.165, 1.54) is 0 Å². The summed E-state index contributed by atoms with van der Waals surface area (Å²) in [6.07, 6.45) is 0.551. The van der Waals surface area contributed by atoms with Crippen LogP contribution < -0.4 is 0 Å². The second-order valence-electron chi connectivity index (χ2n) is 4.09. The molecule has 0 saturated carbocycles. The molecule has 0 aromatic rings. The summed E-state index contributed by atoms with van der Waals surface area (Å²) in [6.45, 7) is 1.63. The van der Waals surface area contributed by atoms with Crippen molar-refractivity contribution in [1.82, 2.24) is 0 Å². The summed E-state index contributed by atoms with van der Waals surface area (Å²) in [5, 5.41) is 37.8. The van der Waals surface area contributed by atoms with Crippen molar-refractivity contribution in [2.75, 3.05) is 65.9 Å². The lowest BCUT2D eigenvalue weighted by molar-refractivity contribution is -0.882. The van der Waals surface area contributed by atoms with Crippen LogP contribution in [0.25, 0.3) is 0 Å². The number of aliphatic hydroxyl groups is 2. The Bertz CT molecular complexity index is 196. The largest absolute Gasteiger partial charge is 0.633 e. The number of rotatable bonds is 14. The number of aliphatic hydroxyl groups excluding tert-OH is 2. The minimum absolute atomic E-state index is 0.0370. The molecular formula is C11H25NO7. The second-order valence-corrected chi connectivity index (χ2v) is 4.09. The molecule has 0 aromatic heterocycles. The topological polar surface area (TPSA) is 111 Å². The summed E-state index contributed by atoms with van der Waals surface area (Å²) in [6, 6.07) is 0. The lowest BCUT2D eigenvalue weighted by Crippen LogP contribution is -2.47. The average molecular weight is 283 g/mol. The average Bonchev–Trinajstić information content (AvgIpc) is 2.41. The molecule has 1 atom stereocenters. The van der Waals surface area contributed by atoms with Gasteiger partial charge in [-0.15, -0.1) is 0 Å². The van der Waals surface area contributed by atoms with E-state index in [0.29, 0.717) is 19.6 Å². The van der Waals surface area contributed by atoms with Crippen LogP contribution in [0.5, 0.6) is 0 Å². The van der Waals surface area contributed by atoms with Crippen LogP contribution >= 0.6 is 0 Å². The van der Waals surface area contributed by atoms with Gasteiger partial charge in [0.15, 0.2) is 0 Å². The normalized spacial score (nSPS) is 14.5. The van der Waals surface area contributed by atoms with E-state index in [1.54, 1.807) is 0 Å². The van der Waals surface area contributed by atoms with Gasteiger partial charge in [0.1, 0.15) is 19.7 Å². The predicted molar refractivity (Wildman–Crippen MR) is 67.2 cm³/mol. The van der Waals surface area contributed by atoms with Crippen molar-refractivity contribution in [3.05, 3.63) is 5.21 Å². The Morgan fingerprint density at radius 2 is 1.37 bits per heavy atom. The first-order valence-electron chi connectivity index (χ1n) is 6.39. The summed E-state index contributed by atoms with van der Waals surface area (Å²) < 4.78 is 9.60. The molecule has 8 heteroatoms. The summed E-state index contributed by atoms with van der Waals surface area (Å²) in [7, 11) is 0. The molecule has 116 valence electrons. The van der Waals surface area contributed by atoms with Gasteiger partial charge < -0.3 is 29.5 Å². The zero-order chi connectivity index (χ0) is 14.4. The third-order valence-electron chi connectivity index (χ3n) is 2.56. The number of hydrogen-bond acceptors (Lipinski definition) is 7. The SMILES string of the molecule is [O-][N+](CCCOCCO)(CCOO)CCOCCO. The molecule has 0 spiro atoms. The first-order chi connectivity index (χ1) is 9.18. The molecular weight excluding hydrogens is 258 g/mol. The van der Waals surface area contributed by atoms with Gasteiger partial charge in [-0.2, -0.15) is 0 Å². The summed E-state index contributed by atoms with van der Waals surface area (Å²) in [5.41, 5.74) is 0. The van der Waals surface area contributed by atoms with Gasteiger partial charge >= 0.3 is 0 Å². The summed E-state index contributed by atoms with van der Waals surface area (Å²) >= 11 is 0. The predicted octanol–water partition coefficient (Wildman–Crippen LogP) is -0.801. The maximum absolute atomic E-state index is 12.4. The third kappa shape index (κ3) is 11.2. The van der Waals surface area contributed by atoms with E-state index in [1.807, 2.05) is 0 Å². The van der Waals surface area contributed by atoms with E-state index in [2.05, 4.69) is 4.89 Å². The van der Waals surface area contributed by atoms with E-state index in [-0.39, 0.29) is 52.7 Å². The van der Waals surface area contributed by atoms with Crippen molar-refractivity contribution in [2.45, 2.75) is 6.42 Å². The second kappa shape index (κ2) is 12.7. The lowest BCUT2D eigenvalue weighted by atomic mass is 10.3. The van der Waals surface area contributed by atoms with Gasteiger partial charge in [-0.3, -0.25) is 5.26 Å². The standard InChI is InChI=1S/C11H25NO7/c13-5-10-17-7-1-2-12(15,4-9-19-16)3-8-18-11-6-14/h13-14,16H,1-11H2. The number of hydrogen-bond donors (Lipinski definition) is 3. The molecule has 0 aliphatic rings. The molecule has 0 rings (SSSR count). The van der Waals surface area contributed by atoms with E-state index in [9.17, 15) is 5.21 Å². The van der Waals surface area contributed by atoms with Crippen molar-refractivity contribution in [2.24, 2.45) is 0 Å². The molecule has 0 aliphatic carbocycles. The van der Waals surface area contributed by atoms with Crippen molar-refractivity contribution in [3.8, 4) is 0 Å². The van der Waals surface area contributed by atoms with Gasteiger partial charge in [0.25, 0.3) is 0 Å². The van der Waals surface area contributed by atoms with E-state index in [4.69, 9.17) is 24.9 Å². The van der Waals surface area contributed by atoms with Crippen LogP contribution in [0.15, 0.2) is 0 Å². The Labute approximate surface area is 113 Å². The van der Waals surface area contributed by atoms with Crippen molar-refractivity contribution in [3.63, 3.8) is 0 Å². The van der Waals surface area contributed by atoms with Gasteiger partial charge in [0.2, 0.25) is 0 Å². The maximum atomic E-state index is 12.4. The van der Waals surface area contributed by atoms with Gasteiger partial charge in [0, 0.05) is 6.42 Å². The van der Waals surface area contributed by atoms with E-state index < -0.39 is 4.65 Å². The molecule has 0 aliphatic heterocycles. The molecule has 3 N–H and O–H groups in total. The fraction of sp³-hybridized carbons (Fsp3) is 1.00. The van der Waals surface area contributed by atoms with Crippen LogP contribution in [-0.4, -0.2) is 86.0 Å². The Hall–Kier alpha value is -0.320. The van der Waals surface area contributed by atoms with Gasteiger partial charge in [-0.1, -0.05) is 0 Å². The molecule has 0 radical (unpaired) electrons. The zero-order valence-corrected chi connectivity index (χ0v) is 11.2. The molecule has 8 nitrogen and oxygen atoms in total. The first kappa shape index (κ1) is 18.7. The summed E-state index contributed by atoms with van der Waals surface area (Å²) in [5.74, 6) is 0. The fourth-order valence-corrected chi connectivity index (χ4v) is 1.56. The van der Waals surface area contributed by atoms with Crippen LogP contribution in [-0.2, 0) is 14.4 Å². The number of quaternary nitrogens is 1. The molecule has 0 aromatic carbocycles. The van der Waals surface area contributed by atoms with Crippen LogP contribution in [0, 0.1) is 5.21 Å². The van der Waals surface area contributed by atoms with Crippen LogP contribution in [0.4, 0.5) is 0 Å². The van der Waals surface area contributed by atoms with Crippen LogP contribution in [0.1, 0.15) is 6.42 Å². The maximum Gasteiger partial charge on any atom is 0.131 e. The summed E-state index contributed by atoms with van der Waals surface area (Å²) in [4.78, 5) is 3.95. The molecule has 0 amide bonds. The molecule has 0 saturated heterocycles. The third-order valence-corrected chi connectivity index (χ3v) is 2.56. The number of hydroxylamine groups is 3. The highest BCUT2D eigenvalue weighted by Gasteiger charge is 2.16. The first-order valence-corrected chi connectivity index (χ1v) is 6.39. The van der Waals surface area contributed by atoms with Gasteiger partial charge in [-0.25, -0.2) is 4.89 Å². The minimum atomic E-state index is -0.547. The van der Waals surface area contributed by atoms with Crippen molar-refractivity contribution in [1.29, 1.82) is 0 Å². The molecule has 19 heavy (non-hydrogen) atoms. The van der Waals surface area contributed by atoms with Crippen molar-refractivity contribution >= 4 is 0 Å². The lowest BCUT2D eigenvalue weighted by Gasteiger charge is -2.42. The smallest absolute Gasteiger partial charge is 0.131 e. The van der Waals surface area contributed by atoms with Gasteiger partial charge in [-0.05, 0) is 0 Å².